The van der Waals surface area contributed by atoms with E-state index >= 15 is 28.8 Å². The first-order valence-corrected chi connectivity index (χ1v) is 46.5. The van der Waals surface area contributed by atoms with Crippen molar-refractivity contribution in [2.24, 2.45) is 5.73 Å². The number of carbonyl (C=O) groups excluding carboxylic acids is 15. The van der Waals surface area contributed by atoms with Crippen molar-refractivity contribution in [3.8, 4) is 11.3 Å². The van der Waals surface area contributed by atoms with Gasteiger partial charge in [-0.1, -0.05) is 29.1 Å². The Balaban J connectivity index is 0.560. The van der Waals surface area contributed by atoms with Crippen molar-refractivity contribution in [2.45, 2.75) is 271 Å². The lowest BCUT2D eigenvalue weighted by Gasteiger charge is -2.38. The molecule has 15 amide bonds. The minimum absolute atomic E-state index is 0.0426. The van der Waals surface area contributed by atoms with Crippen LogP contribution >= 0.6 is 23.1 Å². The molecule has 12 aliphatic rings. The Bertz CT molecular complexity index is 4920. The number of thiophene rings is 1. The summed E-state index contributed by atoms with van der Waals surface area (Å²) in [7, 11) is 0. The number of anilines is 2. The maximum absolute atomic E-state index is 15.7. The first-order valence-electron chi connectivity index (χ1n) is 44.5. The number of hydrogen-bond acceptors (Lipinski definition) is 23. The van der Waals surface area contributed by atoms with Crippen molar-refractivity contribution in [1.29, 1.82) is 0 Å². The average Bonchev–Trinajstić information content (AvgIpc) is 1.60. The third-order valence-corrected chi connectivity index (χ3v) is 29.1. The number of nitrogens with two attached hydrogens (primary N) is 2. The molecule has 39 heteroatoms. The minimum Gasteiger partial charge on any atom is -0.397 e. The number of carbonyl (C=O) groups is 15. The van der Waals surface area contributed by atoms with Crippen molar-refractivity contribution in [3.05, 3.63) is 41.0 Å². The molecule has 666 valence electrons. The summed E-state index contributed by atoms with van der Waals surface area (Å²) < 4.78 is 1.55. The van der Waals surface area contributed by atoms with Crippen molar-refractivity contribution in [2.75, 3.05) is 102 Å². The molecule has 124 heavy (non-hydrogen) atoms. The zero-order valence-electron chi connectivity index (χ0n) is 71.3. The molecule has 0 bridgehead atoms. The van der Waals surface area contributed by atoms with Crippen LogP contribution in [-0.2, 0) is 73.7 Å². The fourth-order valence-corrected chi connectivity index (χ4v) is 23.0. The molecule has 4 aromatic rings. The van der Waals surface area contributed by atoms with Gasteiger partial charge in [0.2, 0.25) is 82.7 Å². The Morgan fingerprint density at radius 1 is 0.476 bits per heavy atom. The van der Waals surface area contributed by atoms with E-state index in [1.54, 1.807) is 51.2 Å². The molecule has 0 aliphatic carbocycles. The van der Waals surface area contributed by atoms with Crippen LogP contribution in [0.15, 0.2) is 35.6 Å². The minimum atomic E-state index is -1.14. The van der Waals surface area contributed by atoms with Gasteiger partial charge in [0.05, 0.1) is 42.1 Å². The van der Waals surface area contributed by atoms with E-state index in [4.69, 9.17) is 16.5 Å². The lowest BCUT2D eigenvalue weighted by atomic mass is 10.1. The highest BCUT2D eigenvalue weighted by Gasteiger charge is 2.55. The Hall–Kier alpha value is -10.6. The number of thioether (sulfide) groups is 1. The fourth-order valence-electron chi connectivity index (χ4n) is 21.6. The zero-order valence-corrected chi connectivity index (χ0v) is 72.9. The van der Waals surface area contributed by atoms with Gasteiger partial charge in [-0.25, -0.2) is 14.6 Å². The summed E-state index contributed by atoms with van der Waals surface area (Å²) in [6.07, 6.45) is 13.3. The summed E-state index contributed by atoms with van der Waals surface area (Å²) in [6, 6.07) is -4.17. The average molecular weight is 1750 g/mol. The van der Waals surface area contributed by atoms with Crippen molar-refractivity contribution in [1.82, 2.24) is 94.4 Å². The molecule has 37 nitrogen and oxygen atoms in total. The van der Waals surface area contributed by atoms with E-state index in [0.717, 1.165) is 0 Å². The maximum atomic E-state index is 15.7. The van der Waals surface area contributed by atoms with E-state index in [2.05, 4.69) is 31.2 Å². The van der Waals surface area contributed by atoms with Crippen LogP contribution in [0.1, 0.15) is 197 Å². The Labute approximate surface area is 727 Å². The molecule has 12 saturated heterocycles. The van der Waals surface area contributed by atoms with Crippen LogP contribution in [0.2, 0.25) is 0 Å². The highest BCUT2D eigenvalue weighted by atomic mass is 32.2. The number of benzene rings is 1. The fraction of sp³-hybridized carbons (Fsp3) is 0.659. The van der Waals surface area contributed by atoms with Gasteiger partial charge in [-0.15, -0.1) is 16.4 Å². The smallest absolute Gasteiger partial charge is 0.263 e. The van der Waals surface area contributed by atoms with Crippen molar-refractivity contribution in [3.63, 3.8) is 0 Å². The normalized spacial score (nSPS) is 27.1. The van der Waals surface area contributed by atoms with Gasteiger partial charge >= 0.3 is 0 Å². The summed E-state index contributed by atoms with van der Waals surface area (Å²) in [5.41, 5.74) is 14.4. The van der Waals surface area contributed by atoms with Gasteiger partial charge in [-0.2, -0.15) is 0 Å². The van der Waals surface area contributed by atoms with Gasteiger partial charge in [0.1, 0.15) is 87.9 Å². The van der Waals surface area contributed by atoms with Crippen LogP contribution in [0.4, 0.5) is 11.4 Å². The maximum Gasteiger partial charge on any atom is 0.263 e. The zero-order chi connectivity index (χ0) is 87.4. The summed E-state index contributed by atoms with van der Waals surface area (Å²) >= 11 is 2.54. The number of fused-ring (bicyclic) bond motifs is 1. The van der Waals surface area contributed by atoms with Crippen LogP contribution < -0.4 is 27.4 Å². The molecular weight excluding hydrogens is 1630 g/mol. The Morgan fingerprint density at radius 2 is 0.831 bits per heavy atom. The van der Waals surface area contributed by atoms with Gasteiger partial charge < -0.3 is 86.2 Å². The second kappa shape index (κ2) is 36.2. The monoisotopic (exact) mass is 1750 g/mol. The van der Waals surface area contributed by atoms with E-state index < -0.39 is 125 Å². The first kappa shape index (κ1) is 86.9. The number of primary amides is 1. The summed E-state index contributed by atoms with van der Waals surface area (Å²) in [5.74, 6) is -5.78. The van der Waals surface area contributed by atoms with Crippen LogP contribution in [0.3, 0.4) is 0 Å². The lowest BCUT2D eigenvalue weighted by molar-refractivity contribution is -0.156. The number of likely N-dealkylation sites (tertiary alicyclic amines) is 12. The SMILES string of the molecule is CSc1nc(-c2cccc(NCC(=O)NCc3cn([C@@H]4C[C@@H](C(=O)N5CCC[C@H]5C(=O)N5CCC[C@H]5C(N)=O)N(C(=O)[C@@H]5CCCN5C(=O)[C@@H]5CCCN5C(=O)[C@@H]5CCCN5C(=O)[C@@H]5CCCN5C(=O)[C@@H]5CCCN5C(=O)[C@@H]5CCCN5C(=O)[C@@H]5CCCN5C(=O)[C@@H]5CCCN5C(=O)[C@@H]5CCCN5C(C)=O)C4)nn3)c2)c2c(N)c(C(=O)NC(C)(C)C)sc2n1. The predicted molar refractivity (Wildman–Crippen MR) is 453 cm³/mol. The molecule has 12 aliphatic heterocycles. The number of aromatic nitrogens is 5. The van der Waals surface area contributed by atoms with Crippen LogP contribution in [0, 0.1) is 0 Å². The predicted octanol–water partition coefficient (Wildman–Crippen LogP) is 2.06. The number of nitrogens with zero attached hydrogens (tertiary/aromatic N) is 17. The largest absolute Gasteiger partial charge is 0.397 e. The number of nitrogen functional groups attached to an aromatic ring is 1. The third kappa shape index (κ3) is 16.9. The van der Waals surface area contributed by atoms with E-state index in [0.29, 0.717) is 197 Å². The van der Waals surface area contributed by atoms with Gasteiger partial charge in [-0.05, 0) is 180 Å². The van der Waals surface area contributed by atoms with E-state index in [-0.39, 0.29) is 138 Å². The Kier molecular flexibility index (Phi) is 25.3. The molecule has 3 aromatic heterocycles. The quantitative estimate of drug-likeness (QED) is 0.0588. The van der Waals surface area contributed by atoms with Crippen LogP contribution in [-0.4, -0.2) is 342 Å². The molecule has 0 unspecified atom stereocenters. The van der Waals surface area contributed by atoms with Gasteiger partial charge in [0, 0.05) is 109 Å². The molecule has 0 spiro atoms. The molecule has 7 N–H and O–H groups in total. The highest BCUT2D eigenvalue weighted by molar-refractivity contribution is 7.98. The standard InChI is InChI=1S/C85H114N22O15S2/c1-48(108)95-31-8-21-54(95)73(112)97-33-9-23-56(97)75(114)98-34-10-24-57(98)76(115)99-35-11-25-58(99)77(116)100-36-12-26-59(100)78(117)101-37-13-27-60(101)79(118)102-38-14-28-61(102)80(119)103-39-15-29-62(103)81(120)104-40-17-30-63(104)82(121)106-47-52(43-64(106)83(122)105-41-16-22-55(105)74(113)96-32-7-20-53(96)70(87)110)107-46-51(93-94-107)44-89-65(109)45-88-50-19-6-18-49(42-50)68-66-67(86)69(71(111)92-85(2,3)4)124-72(66)91-84(90-68)123-5/h6,18-19,42,46,52-64,88H,7-17,20-41,43-45,47,86H2,1-5H3,(H2,87,110)(H,89,109)(H,92,111)/t52-,53+,54+,55+,56+,57+,58+,59+,60+,61+,62+,63+,64+/m1/s1. The second-order valence-electron chi connectivity index (χ2n) is 36.3. The second-order valence-corrected chi connectivity index (χ2v) is 38.0. The Morgan fingerprint density at radius 3 is 1.20 bits per heavy atom. The number of hydrogen-bond donors (Lipinski definition) is 5. The summed E-state index contributed by atoms with van der Waals surface area (Å²) in [6.45, 7) is 9.95. The van der Waals surface area contributed by atoms with E-state index in [1.165, 1.54) is 54.5 Å². The molecule has 0 radical (unpaired) electrons. The molecular formula is C85H114N22O15S2. The highest BCUT2D eigenvalue weighted by Crippen LogP contribution is 2.43. The first-order chi connectivity index (χ1) is 59.6. The van der Waals surface area contributed by atoms with Gasteiger partial charge in [0.15, 0.2) is 5.16 Å². The number of nitrogens with one attached hydrogen (secondary N) is 3. The summed E-state index contributed by atoms with van der Waals surface area (Å²) in [4.78, 5) is 245. The van der Waals surface area contributed by atoms with Gasteiger partial charge in [0.25, 0.3) is 5.91 Å². The topological polar surface area (TPSA) is 440 Å². The van der Waals surface area contributed by atoms with Crippen LogP contribution in [0.5, 0.6) is 0 Å². The molecule has 12 fully saturated rings. The van der Waals surface area contributed by atoms with Crippen molar-refractivity contribution < 1.29 is 71.9 Å². The molecule has 15 heterocycles. The molecule has 13 atom stereocenters. The van der Waals surface area contributed by atoms with Crippen molar-refractivity contribution >= 4 is 133 Å². The van der Waals surface area contributed by atoms with Crippen LogP contribution in [0.25, 0.3) is 21.5 Å². The summed E-state index contributed by atoms with van der Waals surface area (Å²) in [5, 5.41) is 18.9. The molecule has 1 aromatic carbocycles. The van der Waals surface area contributed by atoms with Gasteiger partial charge in [-0.3, -0.25) is 71.9 Å². The van der Waals surface area contributed by atoms with E-state index in [9.17, 15) is 43.2 Å². The third-order valence-electron chi connectivity index (χ3n) is 27.5. The molecule has 16 rings (SSSR count). The lowest BCUT2D eigenvalue weighted by Crippen LogP contribution is -2.59. The van der Waals surface area contributed by atoms with E-state index in [1.807, 2.05) is 45.2 Å². The number of amides is 15. The number of rotatable bonds is 21. The molecule has 0 saturated carbocycles.